The molecule has 17 heavy (non-hydrogen) atoms. The maximum atomic E-state index is 11.8. The molecule has 0 saturated carbocycles. The van der Waals surface area contributed by atoms with E-state index in [-0.39, 0.29) is 19.2 Å². The third-order valence-electron chi connectivity index (χ3n) is 3.82. The number of hydrogen-bond donors (Lipinski definition) is 2. The van der Waals surface area contributed by atoms with Crippen molar-refractivity contribution in [2.45, 2.75) is 39.5 Å². The molecule has 0 radical (unpaired) electrons. The molecule has 0 aliphatic carbocycles. The lowest BCUT2D eigenvalue weighted by Gasteiger charge is -2.35. The third-order valence-corrected chi connectivity index (χ3v) is 3.82. The van der Waals surface area contributed by atoms with E-state index in [1.165, 1.54) is 0 Å². The summed E-state index contributed by atoms with van der Waals surface area (Å²) in [6.45, 7) is 4.45. The second kappa shape index (κ2) is 5.80. The highest BCUT2D eigenvalue weighted by atomic mass is 17.1. The van der Waals surface area contributed by atoms with E-state index in [4.69, 9.17) is 15.1 Å². The molecule has 0 bridgehead atoms. The summed E-state index contributed by atoms with van der Waals surface area (Å²) < 4.78 is 5.06. The second-order valence-corrected chi connectivity index (χ2v) is 5.25. The van der Waals surface area contributed by atoms with Gasteiger partial charge in [-0.15, -0.1) is 0 Å². The van der Waals surface area contributed by atoms with Gasteiger partial charge in [0, 0.05) is 6.61 Å². The molecule has 0 spiro atoms. The number of hydrogen-bond acceptors (Lipinski definition) is 5. The Morgan fingerprint density at radius 3 is 2.71 bits per heavy atom. The summed E-state index contributed by atoms with van der Waals surface area (Å²) in [5.41, 5.74) is -0.898. The van der Waals surface area contributed by atoms with Crippen LogP contribution in [0.25, 0.3) is 0 Å². The molecule has 2 N–H and O–H groups in total. The van der Waals surface area contributed by atoms with E-state index in [9.17, 15) is 4.79 Å². The lowest BCUT2D eigenvalue weighted by atomic mass is 9.68. The minimum absolute atomic E-state index is 0.00863. The molecule has 2 unspecified atom stereocenters. The van der Waals surface area contributed by atoms with Crippen LogP contribution in [0.3, 0.4) is 0 Å². The van der Waals surface area contributed by atoms with Crippen LogP contribution in [-0.4, -0.2) is 36.2 Å². The standard InChI is InChI=1S/C12H22O5/c1-3-12(5-7-16-10(12)14)8-11(2,4-6-13)9-17-15/h13,15H,3-9H2,1-2H3. The molecule has 100 valence electrons. The van der Waals surface area contributed by atoms with Crippen molar-refractivity contribution >= 4 is 5.97 Å². The lowest BCUT2D eigenvalue weighted by Crippen LogP contribution is -2.36. The summed E-state index contributed by atoms with van der Waals surface area (Å²) in [7, 11) is 0. The van der Waals surface area contributed by atoms with Gasteiger partial charge in [-0.25, -0.2) is 4.89 Å². The van der Waals surface area contributed by atoms with Crippen LogP contribution in [0.5, 0.6) is 0 Å². The fraction of sp³-hybridized carbons (Fsp3) is 0.917. The first-order valence-electron chi connectivity index (χ1n) is 6.06. The van der Waals surface area contributed by atoms with Gasteiger partial charge in [0.2, 0.25) is 0 Å². The fourth-order valence-corrected chi connectivity index (χ4v) is 2.66. The smallest absolute Gasteiger partial charge is 0.312 e. The molecular formula is C12H22O5. The molecule has 5 heteroatoms. The molecule has 1 rings (SSSR count). The monoisotopic (exact) mass is 246 g/mol. The summed E-state index contributed by atoms with van der Waals surface area (Å²) in [5.74, 6) is -0.165. The first-order valence-corrected chi connectivity index (χ1v) is 6.06. The molecule has 1 saturated heterocycles. The van der Waals surface area contributed by atoms with Crippen molar-refractivity contribution in [3.8, 4) is 0 Å². The Morgan fingerprint density at radius 2 is 2.29 bits per heavy atom. The molecule has 0 amide bonds. The fourth-order valence-electron chi connectivity index (χ4n) is 2.66. The molecule has 5 nitrogen and oxygen atoms in total. The molecule has 1 aliphatic heterocycles. The van der Waals surface area contributed by atoms with Gasteiger partial charge in [-0.1, -0.05) is 13.8 Å². The van der Waals surface area contributed by atoms with E-state index in [0.717, 1.165) is 0 Å². The van der Waals surface area contributed by atoms with Crippen LogP contribution >= 0.6 is 0 Å². The van der Waals surface area contributed by atoms with Crippen LogP contribution in [0.2, 0.25) is 0 Å². The van der Waals surface area contributed by atoms with Gasteiger partial charge in [0.1, 0.15) is 0 Å². The largest absolute Gasteiger partial charge is 0.465 e. The molecule has 2 atom stereocenters. The molecular weight excluding hydrogens is 224 g/mol. The lowest BCUT2D eigenvalue weighted by molar-refractivity contribution is -0.264. The Balaban J connectivity index is 2.79. The molecule has 1 heterocycles. The van der Waals surface area contributed by atoms with E-state index in [1.54, 1.807) is 0 Å². The van der Waals surface area contributed by atoms with Crippen LogP contribution < -0.4 is 0 Å². The number of aliphatic hydroxyl groups is 1. The molecule has 0 aromatic heterocycles. The predicted molar refractivity (Wildman–Crippen MR) is 61.3 cm³/mol. The number of aliphatic hydroxyl groups excluding tert-OH is 1. The minimum atomic E-state index is -0.484. The molecule has 0 aromatic rings. The van der Waals surface area contributed by atoms with Gasteiger partial charge in [-0.3, -0.25) is 10.1 Å². The van der Waals surface area contributed by atoms with Crippen molar-refractivity contribution in [1.29, 1.82) is 0 Å². The SMILES string of the molecule is CCC1(CC(C)(CCO)COO)CCOC1=O. The highest BCUT2D eigenvalue weighted by Gasteiger charge is 2.47. The summed E-state index contributed by atoms with van der Waals surface area (Å²) in [4.78, 5) is 16.1. The van der Waals surface area contributed by atoms with Crippen molar-refractivity contribution in [3.63, 3.8) is 0 Å². The second-order valence-electron chi connectivity index (χ2n) is 5.25. The Hall–Kier alpha value is -0.650. The summed E-state index contributed by atoms with van der Waals surface area (Å²) >= 11 is 0. The summed E-state index contributed by atoms with van der Waals surface area (Å²) in [5, 5.41) is 17.7. The average Bonchev–Trinajstić information content (AvgIpc) is 2.61. The number of rotatable bonds is 7. The first kappa shape index (κ1) is 14.4. The van der Waals surface area contributed by atoms with Gasteiger partial charge >= 0.3 is 5.97 Å². The van der Waals surface area contributed by atoms with E-state index in [1.807, 2.05) is 13.8 Å². The van der Waals surface area contributed by atoms with Crippen LogP contribution in [0.1, 0.15) is 39.5 Å². The summed E-state index contributed by atoms with van der Waals surface area (Å²) in [6, 6.07) is 0. The first-order chi connectivity index (χ1) is 8.02. The van der Waals surface area contributed by atoms with Gasteiger partial charge in [-0.2, -0.15) is 0 Å². The molecule has 1 fully saturated rings. The van der Waals surface area contributed by atoms with Crippen molar-refractivity contribution < 1.29 is 24.8 Å². The predicted octanol–water partition coefficient (Wildman–Crippen LogP) is 1.60. The zero-order chi connectivity index (χ0) is 12.9. The zero-order valence-electron chi connectivity index (χ0n) is 10.6. The van der Waals surface area contributed by atoms with Crippen LogP contribution in [0, 0.1) is 10.8 Å². The highest BCUT2D eigenvalue weighted by Crippen LogP contribution is 2.45. The van der Waals surface area contributed by atoms with E-state index in [0.29, 0.717) is 32.3 Å². The summed E-state index contributed by atoms with van der Waals surface area (Å²) in [6.07, 6.45) is 2.46. The maximum Gasteiger partial charge on any atom is 0.312 e. The van der Waals surface area contributed by atoms with Gasteiger partial charge in [0.25, 0.3) is 0 Å². The zero-order valence-corrected chi connectivity index (χ0v) is 10.6. The topological polar surface area (TPSA) is 76.0 Å². The Labute approximate surface area is 102 Å². The molecule has 0 aromatic carbocycles. The van der Waals surface area contributed by atoms with Crippen molar-refractivity contribution in [1.82, 2.24) is 0 Å². The average molecular weight is 246 g/mol. The van der Waals surface area contributed by atoms with Gasteiger partial charge < -0.3 is 9.84 Å². The highest BCUT2D eigenvalue weighted by molar-refractivity contribution is 5.78. The number of esters is 1. The Morgan fingerprint density at radius 1 is 1.59 bits per heavy atom. The van der Waals surface area contributed by atoms with Crippen molar-refractivity contribution in [2.24, 2.45) is 10.8 Å². The number of carbonyl (C=O) groups excluding carboxylic acids is 1. The van der Waals surface area contributed by atoms with E-state index in [2.05, 4.69) is 4.89 Å². The van der Waals surface area contributed by atoms with E-state index >= 15 is 0 Å². The van der Waals surface area contributed by atoms with Crippen molar-refractivity contribution in [3.05, 3.63) is 0 Å². The third kappa shape index (κ3) is 3.18. The Bertz CT molecular complexity index is 260. The van der Waals surface area contributed by atoms with Gasteiger partial charge in [-0.05, 0) is 31.1 Å². The van der Waals surface area contributed by atoms with Crippen LogP contribution in [0.15, 0.2) is 0 Å². The van der Waals surface area contributed by atoms with Crippen LogP contribution in [0.4, 0.5) is 0 Å². The van der Waals surface area contributed by atoms with Crippen molar-refractivity contribution in [2.75, 3.05) is 19.8 Å². The van der Waals surface area contributed by atoms with Gasteiger partial charge in [0.15, 0.2) is 0 Å². The van der Waals surface area contributed by atoms with Gasteiger partial charge in [0.05, 0.1) is 18.6 Å². The quantitative estimate of drug-likeness (QED) is 0.405. The maximum absolute atomic E-state index is 11.8. The molecule has 1 aliphatic rings. The normalized spacial score (nSPS) is 27.9. The number of carbonyl (C=O) groups is 1. The Kier molecular flexibility index (Phi) is 4.91. The van der Waals surface area contributed by atoms with E-state index < -0.39 is 10.8 Å². The minimum Gasteiger partial charge on any atom is -0.465 e. The number of cyclic esters (lactones) is 1. The van der Waals surface area contributed by atoms with Crippen LogP contribution in [-0.2, 0) is 14.4 Å². The number of ether oxygens (including phenoxy) is 1.